The van der Waals surface area contributed by atoms with Crippen molar-refractivity contribution in [3.8, 4) is 11.5 Å². The largest absolute Gasteiger partial charge is 0.494 e. The van der Waals surface area contributed by atoms with Gasteiger partial charge in [0.15, 0.2) is 6.61 Å². The minimum atomic E-state index is -0.168. The fourth-order valence-corrected chi connectivity index (χ4v) is 3.44. The van der Waals surface area contributed by atoms with Crippen LogP contribution in [0.2, 0.25) is 5.02 Å². The van der Waals surface area contributed by atoms with Gasteiger partial charge in [-0.1, -0.05) is 17.7 Å². The Labute approximate surface area is 175 Å². The van der Waals surface area contributed by atoms with Gasteiger partial charge in [-0.05, 0) is 62.2 Å². The van der Waals surface area contributed by atoms with E-state index in [-0.39, 0.29) is 24.5 Å². The Kier molecular flexibility index (Phi) is 7.36. The van der Waals surface area contributed by atoms with Gasteiger partial charge in [-0.25, -0.2) is 0 Å². The molecule has 154 valence electrons. The lowest BCUT2D eigenvalue weighted by molar-refractivity contribution is -0.124. The van der Waals surface area contributed by atoms with E-state index in [0.717, 1.165) is 5.75 Å². The molecule has 0 saturated carbocycles. The molecular formula is C22H25ClN2O4. The molecule has 0 spiro atoms. The van der Waals surface area contributed by atoms with Crippen molar-refractivity contribution in [2.24, 2.45) is 0 Å². The third-order valence-electron chi connectivity index (χ3n) is 4.72. The first-order chi connectivity index (χ1) is 14.0. The number of amides is 2. The summed E-state index contributed by atoms with van der Waals surface area (Å²) in [5.41, 5.74) is 0.587. The van der Waals surface area contributed by atoms with E-state index in [0.29, 0.717) is 48.9 Å². The molecule has 0 aromatic heterocycles. The number of rotatable bonds is 7. The highest BCUT2D eigenvalue weighted by Crippen LogP contribution is 2.18. The number of benzene rings is 2. The third kappa shape index (κ3) is 6.12. The zero-order valence-corrected chi connectivity index (χ0v) is 17.2. The van der Waals surface area contributed by atoms with Crippen LogP contribution >= 0.6 is 11.6 Å². The summed E-state index contributed by atoms with van der Waals surface area (Å²) in [5.74, 6) is 1.18. The molecule has 0 atom stereocenters. The maximum Gasteiger partial charge on any atom is 0.258 e. The number of carbonyl (C=O) groups excluding carboxylic acids is 2. The van der Waals surface area contributed by atoms with Crippen LogP contribution in [-0.4, -0.2) is 49.1 Å². The van der Waals surface area contributed by atoms with Crippen LogP contribution in [0.15, 0.2) is 48.5 Å². The zero-order chi connectivity index (χ0) is 20.6. The summed E-state index contributed by atoms with van der Waals surface area (Å²) >= 11 is 5.97. The average Bonchev–Trinajstić information content (AvgIpc) is 2.73. The Hall–Kier alpha value is -2.73. The lowest BCUT2D eigenvalue weighted by atomic mass is 10.0. The number of hydrogen-bond donors (Lipinski definition) is 1. The Balaban J connectivity index is 1.40. The molecular weight excluding hydrogens is 392 g/mol. The predicted octanol–water partition coefficient (Wildman–Crippen LogP) is 3.54. The van der Waals surface area contributed by atoms with Crippen LogP contribution in [0.4, 0.5) is 0 Å². The molecule has 1 saturated heterocycles. The fraction of sp³-hybridized carbons (Fsp3) is 0.364. The molecule has 1 fully saturated rings. The zero-order valence-electron chi connectivity index (χ0n) is 16.4. The summed E-state index contributed by atoms with van der Waals surface area (Å²) in [6.07, 6.45) is 1.42. The highest BCUT2D eigenvalue weighted by atomic mass is 35.5. The Morgan fingerprint density at radius 2 is 1.72 bits per heavy atom. The van der Waals surface area contributed by atoms with Crippen molar-refractivity contribution in [2.75, 3.05) is 26.3 Å². The van der Waals surface area contributed by atoms with E-state index in [2.05, 4.69) is 5.32 Å². The van der Waals surface area contributed by atoms with Gasteiger partial charge < -0.3 is 19.7 Å². The number of hydrogen-bond acceptors (Lipinski definition) is 4. The molecule has 3 rings (SSSR count). The van der Waals surface area contributed by atoms with Crippen LogP contribution in [0.5, 0.6) is 11.5 Å². The van der Waals surface area contributed by atoms with Gasteiger partial charge in [-0.3, -0.25) is 9.59 Å². The van der Waals surface area contributed by atoms with Crippen molar-refractivity contribution in [3.05, 3.63) is 59.1 Å². The highest BCUT2D eigenvalue weighted by molar-refractivity contribution is 6.30. The first-order valence-corrected chi connectivity index (χ1v) is 10.1. The van der Waals surface area contributed by atoms with Crippen molar-refractivity contribution < 1.29 is 19.1 Å². The standard InChI is InChI=1S/C22H25ClN2O4/c1-2-28-19-6-8-20(9-7-19)29-15-21(26)24-18-10-12-25(13-11-18)22(27)16-4-3-5-17(23)14-16/h3-9,14,18H,2,10-13,15H2,1H3,(H,24,26). The first-order valence-electron chi connectivity index (χ1n) is 9.75. The SMILES string of the molecule is CCOc1ccc(OCC(=O)NC2CCN(C(=O)c3cccc(Cl)c3)CC2)cc1. The Morgan fingerprint density at radius 1 is 1.07 bits per heavy atom. The van der Waals surface area contributed by atoms with E-state index in [1.807, 2.05) is 19.1 Å². The van der Waals surface area contributed by atoms with Gasteiger partial charge in [0.05, 0.1) is 6.61 Å². The number of piperidine rings is 1. The van der Waals surface area contributed by atoms with Crippen molar-refractivity contribution in [3.63, 3.8) is 0 Å². The first kappa shape index (κ1) is 21.0. The Morgan fingerprint density at radius 3 is 2.34 bits per heavy atom. The second-order valence-electron chi connectivity index (χ2n) is 6.84. The quantitative estimate of drug-likeness (QED) is 0.749. The molecule has 7 heteroatoms. The summed E-state index contributed by atoms with van der Waals surface area (Å²) in [6, 6.07) is 14.2. The van der Waals surface area contributed by atoms with E-state index in [1.54, 1.807) is 41.3 Å². The normalized spacial score (nSPS) is 14.3. The molecule has 1 aliphatic rings. The molecule has 2 aromatic carbocycles. The number of likely N-dealkylation sites (tertiary alicyclic amines) is 1. The van der Waals surface area contributed by atoms with E-state index in [1.165, 1.54) is 0 Å². The summed E-state index contributed by atoms with van der Waals surface area (Å²) in [5, 5.41) is 3.53. The molecule has 29 heavy (non-hydrogen) atoms. The van der Waals surface area contributed by atoms with E-state index in [9.17, 15) is 9.59 Å². The van der Waals surface area contributed by atoms with Gasteiger partial charge >= 0.3 is 0 Å². The second kappa shape index (κ2) is 10.2. The molecule has 0 radical (unpaired) electrons. The summed E-state index contributed by atoms with van der Waals surface area (Å²) in [4.78, 5) is 26.5. The lowest BCUT2D eigenvalue weighted by Crippen LogP contribution is -2.47. The van der Waals surface area contributed by atoms with Crippen molar-refractivity contribution >= 4 is 23.4 Å². The smallest absolute Gasteiger partial charge is 0.258 e. The summed E-state index contributed by atoms with van der Waals surface area (Å²) in [6.45, 7) is 3.67. The lowest BCUT2D eigenvalue weighted by Gasteiger charge is -2.32. The monoisotopic (exact) mass is 416 g/mol. The molecule has 2 amide bonds. The van der Waals surface area contributed by atoms with E-state index >= 15 is 0 Å². The molecule has 0 bridgehead atoms. The number of nitrogens with one attached hydrogen (secondary N) is 1. The van der Waals surface area contributed by atoms with Crippen molar-refractivity contribution in [1.82, 2.24) is 10.2 Å². The topological polar surface area (TPSA) is 67.9 Å². The maximum absolute atomic E-state index is 12.6. The number of ether oxygens (including phenoxy) is 2. The van der Waals surface area contributed by atoms with Crippen LogP contribution in [-0.2, 0) is 4.79 Å². The predicted molar refractivity (Wildman–Crippen MR) is 112 cm³/mol. The van der Waals surface area contributed by atoms with Gasteiger partial charge in [-0.15, -0.1) is 0 Å². The van der Waals surface area contributed by atoms with Crippen LogP contribution in [0, 0.1) is 0 Å². The number of halogens is 1. The molecule has 6 nitrogen and oxygen atoms in total. The summed E-state index contributed by atoms with van der Waals surface area (Å²) < 4.78 is 10.9. The van der Waals surface area contributed by atoms with Gasteiger partial charge in [0.25, 0.3) is 11.8 Å². The molecule has 1 heterocycles. The molecule has 1 N–H and O–H groups in total. The van der Waals surface area contributed by atoms with Crippen LogP contribution < -0.4 is 14.8 Å². The van der Waals surface area contributed by atoms with Crippen molar-refractivity contribution in [1.29, 1.82) is 0 Å². The van der Waals surface area contributed by atoms with Gasteiger partial charge in [-0.2, -0.15) is 0 Å². The number of carbonyl (C=O) groups is 2. The van der Waals surface area contributed by atoms with Gasteiger partial charge in [0, 0.05) is 29.7 Å². The fourth-order valence-electron chi connectivity index (χ4n) is 3.25. The van der Waals surface area contributed by atoms with Crippen molar-refractivity contribution in [2.45, 2.75) is 25.8 Å². The third-order valence-corrected chi connectivity index (χ3v) is 4.96. The van der Waals surface area contributed by atoms with Gasteiger partial charge in [0.1, 0.15) is 11.5 Å². The van der Waals surface area contributed by atoms with Crippen LogP contribution in [0.25, 0.3) is 0 Å². The van der Waals surface area contributed by atoms with Gasteiger partial charge in [0.2, 0.25) is 0 Å². The average molecular weight is 417 g/mol. The van der Waals surface area contributed by atoms with Crippen LogP contribution in [0.1, 0.15) is 30.1 Å². The molecule has 0 aliphatic carbocycles. The van der Waals surface area contributed by atoms with Crippen LogP contribution in [0.3, 0.4) is 0 Å². The highest BCUT2D eigenvalue weighted by Gasteiger charge is 2.24. The summed E-state index contributed by atoms with van der Waals surface area (Å²) in [7, 11) is 0. The maximum atomic E-state index is 12.6. The Bertz CT molecular complexity index is 833. The second-order valence-corrected chi connectivity index (χ2v) is 7.27. The molecule has 1 aliphatic heterocycles. The number of nitrogens with zero attached hydrogens (tertiary/aromatic N) is 1. The van der Waals surface area contributed by atoms with E-state index in [4.69, 9.17) is 21.1 Å². The minimum absolute atomic E-state index is 0.0314. The van der Waals surface area contributed by atoms with E-state index < -0.39 is 0 Å². The minimum Gasteiger partial charge on any atom is -0.494 e. The molecule has 0 unspecified atom stereocenters. The molecule has 2 aromatic rings.